The van der Waals surface area contributed by atoms with E-state index >= 15 is 0 Å². The quantitative estimate of drug-likeness (QED) is 0.187. The van der Waals surface area contributed by atoms with Crippen LogP contribution in [0, 0.1) is 17.2 Å². The van der Waals surface area contributed by atoms with E-state index in [1.165, 1.54) is 30.5 Å². The van der Waals surface area contributed by atoms with Gasteiger partial charge < -0.3 is 19.9 Å². The molecule has 4 fully saturated rings. The van der Waals surface area contributed by atoms with E-state index in [0.717, 1.165) is 106 Å². The number of hydrogen-bond donors (Lipinski definition) is 2. The molecule has 4 aromatic rings. The fraction of sp³-hybridized carbons (Fsp3) is 0.447. The highest BCUT2D eigenvalue weighted by atomic mass is 16.5. The van der Waals surface area contributed by atoms with Crippen LogP contribution in [-0.2, 0) is 16.1 Å². The Balaban J connectivity index is 0.672. The van der Waals surface area contributed by atoms with Gasteiger partial charge in [0.1, 0.15) is 17.9 Å². The van der Waals surface area contributed by atoms with Crippen LogP contribution in [0.2, 0.25) is 0 Å². The lowest BCUT2D eigenvalue weighted by molar-refractivity contribution is -0.136. The molecule has 1 aromatic heterocycles. The first kappa shape index (κ1) is 39.6. The summed E-state index contributed by atoms with van der Waals surface area (Å²) in [6, 6.07) is 23.8. The Morgan fingerprint density at radius 3 is 2.27 bits per heavy atom. The molecule has 13 heteroatoms. The number of ether oxygens (including phenoxy) is 1. The van der Waals surface area contributed by atoms with Crippen LogP contribution in [0.1, 0.15) is 89.6 Å². The first-order chi connectivity index (χ1) is 29.3. The lowest BCUT2D eigenvalue weighted by Crippen LogP contribution is -2.54. The van der Waals surface area contributed by atoms with Crippen LogP contribution in [0.25, 0.3) is 10.9 Å². The number of benzene rings is 3. The Hall–Kier alpha value is -5.84. The number of nitriles is 1. The number of hydrogen-bond acceptors (Lipinski definition) is 11. The zero-order valence-corrected chi connectivity index (χ0v) is 34.0. The molecule has 1 unspecified atom stereocenters. The van der Waals surface area contributed by atoms with E-state index in [1.54, 1.807) is 24.4 Å². The maximum Gasteiger partial charge on any atom is 0.262 e. The molecule has 310 valence electrons. The van der Waals surface area contributed by atoms with Crippen LogP contribution >= 0.6 is 0 Å². The summed E-state index contributed by atoms with van der Waals surface area (Å²) < 4.78 is 6.43. The van der Waals surface area contributed by atoms with Crippen molar-refractivity contribution in [1.29, 1.82) is 5.26 Å². The normalized spacial score (nSPS) is 22.9. The molecule has 1 saturated carbocycles. The first-order valence-corrected chi connectivity index (χ1v) is 21.7. The number of anilines is 2. The van der Waals surface area contributed by atoms with E-state index in [9.17, 15) is 24.4 Å². The van der Waals surface area contributed by atoms with Gasteiger partial charge in [-0.3, -0.25) is 39.3 Å². The minimum atomic E-state index is -0.956. The number of piperidine rings is 2. The Labute approximate surface area is 350 Å². The van der Waals surface area contributed by atoms with Crippen LogP contribution in [0.4, 0.5) is 11.4 Å². The van der Waals surface area contributed by atoms with E-state index in [4.69, 9.17) is 4.74 Å². The number of imide groups is 2. The fourth-order valence-corrected chi connectivity index (χ4v) is 9.72. The lowest BCUT2D eigenvalue weighted by atomic mass is 9.92. The Kier molecular flexibility index (Phi) is 11.5. The van der Waals surface area contributed by atoms with Crippen molar-refractivity contribution >= 4 is 45.9 Å². The predicted molar refractivity (Wildman–Crippen MR) is 228 cm³/mol. The highest BCUT2D eigenvalue weighted by molar-refractivity contribution is 6.23. The van der Waals surface area contributed by atoms with Gasteiger partial charge in [-0.1, -0.05) is 12.1 Å². The number of piperazine rings is 1. The molecule has 5 aliphatic rings. The molecule has 4 aliphatic heterocycles. The summed E-state index contributed by atoms with van der Waals surface area (Å²) in [6.07, 6.45) is 9.86. The van der Waals surface area contributed by atoms with Gasteiger partial charge in [-0.15, -0.1) is 0 Å². The lowest BCUT2D eigenvalue weighted by Gasteiger charge is -2.38. The SMILES string of the molecule is N#Cc1ccc(OC2CCC(NCc3ccc(N4CCC(CCN5CCN(c6ccc7c(c6)C(=O)N(C6CCC(=O)NC6=O)C7=O)CC5)CC4)cc3)CC2)c2cccnc12. The number of carbonyl (C=O) groups excluding carboxylic acids is 4. The second kappa shape index (κ2) is 17.4. The summed E-state index contributed by atoms with van der Waals surface area (Å²) >= 11 is 0. The summed E-state index contributed by atoms with van der Waals surface area (Å²) in [7, 11) is 0. The molecule has 1 aliphatic carbocycles. The monoisotopic (exact) mass is 808 g/mol. The second-order valence-electron chi connectivity index (χ2n) is 17.0. The topological polar surface area (TPSA) is 151 Å². The number of aromatic nitrogens is 1. The zero-order chi connectivity index (χ0) is 41.2. The maximum atomic E-state index is 13.3. The third-order valence-corrected chi connectivity index (χ3v) is 13.3. The van der Waals surface area contributed by atoms with Crippen molar-refractivity contribution in [3.63, 3.8) is 0 Å². The van der Waals surface area contributed by atoms with Crippen molar-refractivity contribution in [2.45, 2.75) is 82.5 Å². The van der Waals surface area contributed by atoms with Gasteiger partial charge in [0.05, 0.1) is 28.3 Å². The number of rotatable bonds is 11. The molecular weight excluding hydrogens is 757 g/mol. The second-order valence-corrected chi connectivity index (χ2v) is 17.0. The van der Waals surface area contributed by atoms with Gasteiger partial charge in [0.2, 0.25) is 11.8 Å². The van der Waals surface area contributed by atoms with Crippen LogP contribution < -0.4 is 25.2 Å². The van der Waals surface area contributed by atoms with Crippen molar-refractivity contribution in [1.82, 2.24) is 25.4 Å². The van der Waals surface area contributed by atoms with Crippen LogP contribution in [0.3, 0.4) is 0 Å². The van der Waals surface area contributed by atoms with Gasteiger partial charge in [0.25, 0.3) is 11.8 Å². The average molecular weight is 809 g/mol. The van der Waals surface area contributed by atoms with Crippen molar-refractivity contribution in [3.8, 4) is 11.8 Å². The maximum absolute atomic E-state index is 13.3. The van der Waals surface area contributed by atoms with Gasteiger partial charge in [-0.05, 0) is 124 Å². The Morgan fingerprint density at radius 2 is 1.52 bits per heavy atom. The molecular formula is C47H52N8O5. The summed E-state index contributed by atoms with van der Waals surface area (Å²) in [5, 5.41) is 16.4. The molecule has 3 saturated heterocycles. The summed E-state index contributed by atoms with van der Waals surface area (Å²) in [5.74, 6) is -0.381. The number of fused-ring (bicyclic) bond motifs is 2. The smallest absolute Gasteiger partial charge is 0.262 e. The predicted octanol–water partition coefficient (Wildman–Crippen LogP) is 5.42. The summed E-state index contributed by atoms with van der Waals surface area (Å²) in [5.41, 5.74) is 5.43. The minimum Gasteiger partial charge on any atom is -0.490 e. The minimum absolute atomic E-state index is 0.105. The Bertz CT molecular complexity index is 2300. The van der Waals surface area contributed by atoms with Crippen molar-refractivity contribution < 1.29 is 23.9 Å². The molecule has 9 rings (SSSR count). The number of amides is 4. The van der Waals surface area contributed by atoms with Crippen molar-refractivity contribution in [3.05, 3.63) is 95.2 Å². The molecule has 0 bridgehead atoms. The molecule has 5 heterocycles. The first-order valence-electron chi connectivity index (χ1n) is 21.7. The van der Waals surface area contributed by atoms with Gasteiger partial charge in [0.15, 0.2) is 0 Å². The third kappa shape index (κ3) is 8.31. The van der Waals surface area contributed by atoms with Crippen LogP contribution in [0.15, 0.2) is 72.9 Å². The van der Waals surface area contributed by atoms with Gasteiger partial charge >= 0.3 is 0 Å². The van der Waals surface area contributed by atoms with E-state index in [1.807, 2.05) is 24.3 Å². The van der Waals surface area contributed by atoms with Crippen molar-refractivity contribution in [2.75, 3.05) is 55.6 Å². The van der Waals surface area contributed by atoms with Gasteiger partial charge in [0, 0.05) is 81.2 Å². The Morgan fingerprint density at radius 1 is 0.783 bits per heavy atom. The largest absolute Gasteiger partial charge is 0.490 e. The number of nitrogens with zero attached hydrogens (tertiary/aromatic N) is 6. The average Bonchev–Trinajstić information content (AvgIpc) is 3.53. The molecule has 0 spiro atoms. The van der Waals surface area contributed by atoms with Gasteiger partial charge in [-0.25, -0.2) is 0 Å². The van der Waals surface area contributed by atoms with E-state index < -0.39 is 23.8 Å². The molecule has 0 radical (unpaired) electrons. The molecule has 60 heavy (non-hydrogen) atoms. The van der Waals surface area contributed by atoms with Crippen LogP contribution in [0.5, 0.6) is 5.75 Å². The number of pyridine rings is 1. The number of nitrogens with one attached hydrogen (secondary N) is 2. The summed E-state index contributed by atoms with van der Waals surface area (Å²) in [6.45, 7) is 7.67. The fourth-order valence-electron chi connectivity index (χ4n) is 9.72. The molecule has 4 amide bonds. The molecule has 2 N–H and O–H groups in total. The molecule has 1 atom stereocenters. The van der Waals surface area contributed by atoms with Crippen LogP contribution in [-0.4, -0.2) is 102 Å². The molecule has 13 nitrogen and oxygen atoms in total. The summed E-state index contributed by atoms with van der Waals surface area (Å²) in [4.78, 5) is 63.3. The van der Waals surface area contributed by atoms with E-state index in [0.29, 0.717) is 28.2 Å². The van der Waals surface area contributed by atoms with E-state index in [2.05, 4.69) is 60.7 Å². The standard InChI is InChI=1S/C47H52N8O5/c48-29-33-5-15-42(39-2-1-20-49-44(33)39)60-37-11-6-34(7-12-37)50-30-32-3-8-35(9-4-32)53-22-18-31(19-23-53)17-21-52-24-26-54(27-25-52)36-10-13-38-40(28-36)47(59)55(46(38)58)41-14-16-43(56)51-45(41)57/h1-5,8-10,13,15,20,28,31,34,37,41,50H,6-7,11-12,14,16-19,21-27,30H2,(H,51,56,57). The molecule has 3 aromatic carbocycles. The van der Waals surface area contributed by atoms with Gasteiger partial charge in [-0.2, -0.15) is 5.26 Å². The zero-order valence-electron chi connectivity index (χ0n) is 34.0. The highest BCUT2D eigenvalue weighted by Gasteiger charge is 2.45. The highest BCUT2D eigenvalue weighted by Crippen LogP contribution is 2.33. The third-order valence-electron chi connectivity index (χ3n) is 13.3. The van der Waals surface area contributed by atoms with E-state index in [-0.39, 0.29) is 24.9 Å². The number of carbonyl (C=O) groups is 4. The van der Waals surface area contributed by atoms with Crippen molar-refractivity contribution in [2.24, 2.45) is 5.92 Å².